The Morgan fingerprint density at radius 3 is 2.58 bits per heavy atom. The minimum absolute atomic E-state index is 0.0363. The Balaban J connectivity index is 1.42. The topological polar surface area (TPSA) is 141 Å². The molecular formula is C34H37BrClN7O5. The van der Waals surface area contributed by atoms with Gasteiger partial charge < -0.3 is 29.6 Å². The second kappa shape index (κ2) is 14.3. The van der Waals surface area contributed by atoms with E-state index in [1.54, 1.807) is 61.8 Å². The first-order chi connectivity index (χ1) is 22.8. The van der Waals surface area contributed by atoms with Crippen molar-refractivity contribution in [1.29, 1.82) is 0 Å². The Morgan fingerprint density at radius 1 is 1.17 bits per heavy atom. The molecule has 12 nitrogen and oxygen atoms in total. The second-order valence-corrected chi connectivity index (χ2v) is 13.6. The van der Waals surface area contributed by atoms with Gasteiger partial charge in [-0.3, -0.25) is 14.6 Å². The highest BCUT2D eigenvalue weighted by Gasteiger charge is 2.29. The number of benzene rings is 1. The average molecular weight is 739 g/mol. The quantitative estimate of drug-likeness (QED) is 0.197. The van der Waals surface area contributed by atoms with E-state index < -0.39 is 11.7 Å². The van der Waals surface area contributed by atoms with Crippen LogP contribution in [0.3, 0.4) is 0 Å². The number of pyridine rings is 2. The summed E-state index contributed by atoms with van der Waals surface area (Å²) in [4.78, 5) is 53.1. The molecule has 0 radical (unpaired) electrons. The lowest BCUT2D eigenvalue weighted by atomic mass is 10.0. The molecule has 14 heteroatoms. The molecule has 0 bridgehead atoms. The predicted molar refractivity (Wildman–Crippen MR) is 186 cm³/mol. The largest absolute Gasteiger partial charge is 0.481 e. The van der Waals surface area contributed by atoms with Gasteiger partial charge in [0.15, 0.2) is 5.82 Å². The normalized spacial score (nSPS) is 14.4. The average Bonchev–Trinajstić information content (AvgIpc) is 3.60. The summed E-state index contributed by atoms with van der Waals surface area (Å²) in [6, 6.07) is 10.7. The Bertz CT molecular complexity index is 1870. The summed E-state index contributed by atoms with van der Waals surface area (Å²) < 4.78 is 13.7. The fourth-order valence-electron chi connectivity index (χ4n) is 5.37. The Labute approximate surface area is 292 Å². The number of rotatable bonds is 9. The molecule has 0 aliphatic carbocycles. The summed E-state index contributed by atoms with van der Waals surface area (Å²) in [6.45, 7) is 7.73. The van der Waals surface area contributed by atoms with Gasteiger partial charge in [-0.05, 0) is 79.9 Å². The Morgan fingerprint density at radius 2 is 1.94 bits per heavy atom. The van der Waals surface area contributed by atoms with Gasteiger partial charge in [-0.2, -0.15) is 0 Å². The lowest BCUT2D eigenvalue weighted by Crippen LogP contribution is -2.43. The van der Waals surface area contributed by atoms with Gasteiger partial charge in [-0.1, -0.05) is 23.7 Å². The molecule has 2 N–H and O–H groups in total. The molecule has 0 saturated carbocycles. The van der Waals surface area contributed by atoms with Crippen LogP contribution in [0.2, 0.25) is 5.02 Å². The van der Waals surface area contributed by atoms with Gasteiger partial charge in [0.05, 0.1) is 36.3 Å². The van der Waals surface area contributed by atoms with Gasteiger partial charge in [-0.25, -0.2) is 14.8 Å². The highest BCUT2D eigenvalue weighted by atomic mass is 79.9. The summed E-state index contributed by atoms with van der Waals surface area (Å²) in [5, 5.41) is 6.22. The van der Waals surface area contributed by atoms with E-state index in [-0.39, 0.29) is 36.8 Å². The molecule has 1 fully saturated rings. The highest BCUT2D eigenvalue weighted by Crippen LogP contribution is 2.38. The zero-order chi connectivity index (χ0) is 34.7. The number of nitrogens with zero attached hydrogens (tertiary/aromatic N) is 5. The van der Waals surface area contributed by atoms with Crippen molar-refractivity contribution >= 4 is 51.1 Å². The van der Waals surface area contributed by atoms with Crippen LogP contribution in [0.4, 0.5) is 10.5 Å². The van der Waals surface area contributed by atoms with Crippen molar-refractivity contribution in [2.45, 2.75) is 58.7 Å². The van der Waals surface area contributed by atoms with E-state index in [2.05, 4.69) is 36.5 Å². The molecule has 0 unspecified atom stereocenters. The highest BCUT2D eigenvalue weighted by molar-refractivity contribution is 9.10. The van der Waals surface area contributed by atoms with Crippen molar-refractivity contribution in [2.24, 2.45) is 7.05 Å². The fraction of sp³-hybridized carbons (Fsp3) is 0.353. The number of methoxy groups -OCH3 is 1. The van der Waals surface area contributed by atoms with Crippen LogP contribution in [0.25, 0.3) is 22.5 Å². The molecule has 1 atom stereocenters. The number of amides is 3. The van der Waals surface area contributed by atoms with E-state index >= 15 is 0 Å². The van der Waals surface area contributed by atoms with Gasteiger partial charge in [-0.15, -0.1) is 0 Å². The zero-order valence-electron chi connectivity index (χ0n) is 27.6. The van der Waals surface area contributed by atoms with Crippen molar-refractivity contribution in [3.63, 3.8) is 0 Å². The van der Waals surface area contributed by atoms with Gasteiger partial charge in [0.25, 0.3) is 5.91 Å². The molecule has 48 heavy (non-hydrogen) atoms. The van der Waals surface area contributed by atoms with E-state index in [1.807, 2.05) is 31.2 Å². The van der Waals surface area contributed by atoms with Crippen LogP contribution >= 0.6 is 27.5 Å². The summed E-state index contributed by atoms with van der Waals surface area (Å²) in [5.41, 5.74) is 3.73. The molecule has 1 aliphatic heterocycles. The molecular weight excluding hydrogens is 702 g/mol. The minimum Gasteiger partial charge on any atom is -0.481 e. The smallest absolute Gasteiger partial charge is 0.410 e. The number of halogens is 2. The number of hydrogen-bond acceptors (Lipinski definition) is 8. The number of hydrogen-bond donors (Lipinski definition) is 2. The maximum Gasteiger partial charge on any atom is 0.410 e. The van der Waals surface area contributed by atoms with Gasteiger partial charge in [0, 0.05) is 54.6 Å². The first-order valence-electron chi connectivity index (χ1n) is 15.3. The summed E-state index contributed by atoms with van der Waals surface area (Å²) in [6.07, 6.45) is 3.76. The standard InChI is InChI=1S/C34H37BrClN7O5/c1-19-22(8-7-9-24(19)40-31(45)30-38-16-26(35)42(30)5)29-28(36)23(14-15-37-29)25-12-10-20(32(41-25)47-6)17-43(33(46)48-34(2,3)4)18-21-11-13-27(44)39-21/h7-10,12,14-16,21H,11,13,17-18H2,1-6H3,(H,39,44)(H,40,45)/t21-/m0/s1. The fourth-order valence-corrected chi connectivity index (χ4v) is 5.95. The van der Waals surface area contributed by atoms with E-state index in [0.29, 0.717) is 56.5 Å². The van der Waals surface area contributed by atoms with E-state index in [1.165, 1.54) is 7.11 Å². The predicted octanol–water partition coefficient (Wildman–Crippen LogP) is 6.55. The van der Waals surface area contributed by atoms with Crippen molar-refractivity contribution in [2.75, 3.05) is 19.0 Å². The third kappa shape index (κ3) is 7.79. The number of nitrogens with one attached hydrogen (secondary N) is 2. The van der Waals surface area contributed by atoms with Crippen molar-refractivity contribution < 1.29 is 23.9 Å². The Kier molecular flexibility index (Phi) is 10.4. The van der Waals surface area contributed by atoms with Crippen LogP contribution < -0.4 is 15.4 Å². The first kappa shape index (κ1) is 34.8. The van der Waals surface area contributed by atoms with Crippen LogP contribution in [0, 0.1) is 6.92 Å². The van der Waals surface area contributed by atoms with Crippen molar-refractivity contribution in [3.8, 4) is 28.4 Å². The van der Waals surface area contributed by atoms with Gasteiger partial charge in [0.1, 0.15) is 10.2 Å². The summed E-state index contributed by atoms with van der Waals surface area (Å²) >= 11 is 10.4. The molecule has 4 heterocycles. The number of aromatic nitrogens is 4. The summed E-state index contributed by atoms with van der Waals surface area (Å²) in [5.74, 6) is 0.178. The van der Waals surface area contributed by atoms with Gasteiger partial charge >= 0.3 is 6.09 Å². The Hall–Kier alpha value is -4.49. The monoisotopic (exact) mass is 737 g/mol. The lowest BCUT2D eigenvalue weighted by molar-refractivity contribution is -0.119. The number of ether oxygens (including phenoxy) is 2. The molecule has 3 aromatic heterocycles. The lowest BCUT2D eigenvalue weighted by Gasteiger charge is -2.29. The van der Waals surface area contributed by atoms with Crippen molar-refractivity contribution in [1.82, 2.24) is 29.7 Å². The molecule has 1 saturated heterocycles. The third-order valence-electron chi connectivity index (χ3n) is 7.81. The second-order valence-electron chi connectivity index (χ2n) is 12.4. The molecule has 1 aromatic carbocycles. The molecule has 3 amide bonds. The molecule has 1 aliphatic rings. The van der Waals surface area contributed by atoms with E-state index in [4.69, 9.17) is 26.1 Å². The molecule has 5 rings (SSSR count). The molecule has 252 valence electrons. The number of carbonyl (C=O) groups is 3. The van der Waals surface area contributed by atoms with E-state index in [0.717, 1.165) is 11.1 Å². The number of anilines is 1. The van der Waals surface area contributed by atoms with Crippen LogP contribution in [0.5, 0.6) is 5.88 Å². The maximum atomic E-state index is 13.2. The van der Waals surface area contributed by atoms with Gasteiger partial charge in [0.2, 0.25) is 11.8 Å². The van der Waals surface area contributed by atoms with Crippen LogP contribution in [0.1, 0.15) is 55.4 Å². The first-order valence-corrected chi connectivity index (χ1v) is 16.5. The third-order valence-corrected chi connectivity index (χ3v) is 8.93. The van der Waals surface area contributed by atoms with Crippen LogP contribution in [0.15, 0.2) is 53.4 Å². The van der Waals surface area contributed by atoms with E-state index in [9.17, 15) is 14.4 Å². The van der Waals surface area contributed by atoms with Crippen molar-refractivity contribution in [3.05, 3.63) is 75.4 Å². The van der Waals surface area contributed by atoms with Crippen LogP contribution in [-0.2, 0) is 23.1 Å². The SMILES string of the molecule is COc1nc(-c2ccnc(-c3cccc(NC(=O)c4ncc(Br)n4C)c3C)c2Cl)ccc1CN(C[C@@H]1CCC(=O)N1)C(=O)OC(C)(C)C. The maximum absolute atomic E-state index is 13.2. The number of carbonyl (C=O) groups excluding carboxylic acids is 3. The number of imidazole rings is 1. The summed E-state index contributed by atoms with van der Waals surface area (Å²) in [7, 11) is 3.26. The minimum atomic E-state index is -0.698. The zero-order valence-corrected chi connectivity index (χ0v) is 29.9. The van der Waals surface area contributed by atoms with Crippen LogP contribution in [-0.4, -0.2) is 67.6 Å². The molecule has 0 spiro atoms. The molecule has 4 aromatic rings.